The minimum absolute atomic E-state index is 0.0481. The summed E-state index contributed by atoms with van der Waals surface area (Å²) in [5.74, 6) is 0.432. The summed E-state index contributed by atoms with van der Waals surface area (Å²) in [6.07, 6.45) is 2.00. The van der Waals surface area contributed by atoms with Gasteiger partial charge in [-0.05, 0) is 35.3 Å². The van der Waals surface area contributed by atoms with Gasteiger partial charge in [-0.25, -0.2) is 0 Å². The minimum atomic E-state index is -0.0481. The monoisotopic (exact) mass is 330 g/mol. The quantitative estimate of drug-likeness (QED) is 0.900. The van der Waals surface area contributed by atoms with Gasteiger partial charge in [0.2, 0.25) is 0 Å². The van der Waals surface area contributed by atoms with E-state index in [0.29, 0.717) is 24.2 Å². The fraction of sp³-hybridized carbons (Fsp3) is 0.227. The van der Waals surface area contributed by atoms with Crippen molar-refractivity contribution in [2.45, 2.75) is 26.4 Å². The highest BCUT2D eigenvalue weighted by Crippen LogP contribution is 2.47. The second kappa shape index (κ2) is 6.25. The number of aryl methyl sites for hydroxylation is 1. The van der Waals surface area contributed by atoms with Crippen LogP contribution >= 0.6 is 0 Å². The van der Waals surface area contributed by atoms with Gasteiger partial charge in [0, 0.05) is 12.5 Å². The molecular formula is C22H22N2O. The number of fused-ring (bicyclic) bond motifs is 1. The Balaban J connectivity index is 1.52. The number of hydrogen-bond donors (Lipinski definition) is 2. The van der Waals surface area contributed by atoms with Crippen molar-refractivity contribution in [3.63, 3.8) is 0 Å². The van der Waals surface area contributed by atoms with Crippen LogP contribution in [0, 0.1) is 12.8 Å². The highest BCUT2D eigenvalue weighted by atomic mass is 16.2. The van der Waals surface area contributed by atoms with Crippen LogP contribution in [-0.2, 0) is 11.3 Å². The Morgan fingerprint density at radius 2 is 1.92 bits per heavy atom. The van der Waals surface area contributed by atoms with Gasteiger partial charge < -0.3 is 10.6 Å². The molecule has 0 saturated heterocycles. The average molecular weight is 330 g/mol. The highest BCUT2D eigenvalue weighted by Gasteiger charge is 2.45. The molecule has 2 atom stereocenters. The summed E-state index contributed by atoms with van der Waals surface area (Å²) in [7, 11) is 0. The maximum absolute atomic E-state index is 12.6. The normalized spacial score (nSPS) is 21.1. The van der Waals surface area contributed by atoms with Crippen LogP contribution in [0.4, 0.5) is 0 Å². The van der Waals surface area contributed by atoms with Crippen LogP contribution < -0.4 is 10.6 Å². The summed E-state index contributed by atoms with van der Waals surface area (Å²) in [5.41, 5.74) is 6.75. The summed E-state index contributed by atoms with van der Waals surface area (Å²) in [6.45, 7) is 4.80. The lowest BCUT2D eigenvalue weighted by molar-refractivity contribution is -0.118. The fourth-order valence-corrected chi connectivity index (χ4v) is 3.55. The van der Waals surface area contributed by atoms with Gasteiger partial charge in [-0.3, -0.25) is 4.79 Å². The summed E-state index contributed by atoms with van der Waals surface area (Å²) < 4.78 is 0. The van der Waals surface area contributed by atoms with Gasteiger partial charge in [0.25, 0.3) is 5.91 Å². The molecule has 1 fully saturated rings. The lowest BCUT2D eigenvalue weighted by Crippen LogP contribution is -2.34. The first-order valence-electron chi connectivity index (χ1n) is 8.75. The van der Waals surface area contributed by atoms with E-state index in [2.05, 4.69) is 48.7 Å². The molecule has 0 radical (unpaired) electrons. The molecule has 126 valence electrons. The third-order valence-electron chi connectivity index (χ3n) is 4.99. The van der Waals surface area contributed by atoms with E-state index in [0.717, 1.165) is 5.56 Å². The van der Waals surface area contributed by atoms with Gasteiger partial charge in [0.05, 0.1) is 6.04 Å². The number of allylic oxidation sites excluding steroid dienone is 2. The zero-order valence-corrected chi connectivity index (χ0v) is 14.5. The molecule has 1 heterocycles. The van der Waals surface area contributed by atoms with Crippen molar-refractivity contribution in [3.05, 3.63) is 88.6 Å². The van der Waals surface area contributed by atoms with E-state index in [1.807, 2.05) is 36.4 Å². The van der Waals surface area contributed by atoms with Crippen molar-refractivity contribution in [2.24, 2.45) is 5.92 Å². The van der Waals surface area contributed by atoms with Crippen molar-refractivity contribution in [1.29, 1.82) is 0 Å². The number of benzene rings is 2. The molecule has 1 amide bonds. The Morgan fingerprint density at radius 1 is 1.12 bits per heavy atom. The topological polar surface area (TPSA) is 41.1 Å². The molecule has 2 N–H and O–H groups in total. The van der Waals surface area contributed by atoms with E-state index in [4.69, 9.17) is 0 Å². The Bertz CT molecular complexity index is 880. The minimum Gasteiger partial charge on any atom is -0.373 e. The van der Waals surface area contributed by atoms with Gasteiger partial charge in [0.15, 0.2) is 0 Å². The molecule has 0 aromatic heterocycles. The van der Waals surface area contributed by atoms with Crippen LogP contribution in [0.2, 0.25) is 0 Å². The Kier molecular flexibility index (Phi) is 3.92. The molecule has 2 aliphatic rings. The molecule has 0 bridgehead atoms. The van der Waals surface area contributed by atoms with Crippen molar-refractivity contribution < 1.29 is 4.79 Å². The molecule has 2 aromatic carbocycles. The van der Waals surface area contributed by atoms with Gasteiger partial charge in [-0.15, -0.1) is 0 Å². The third kappa shape index (κ3) is 3.10. The first-order chi connectivity index (χ1) is 12.1. The van der Waals surface area contributed by atoms with Crippen LogP contribution in [0.3, 0.4) is 0 Å². The maximum atomic E-state index is 12.6. The molecule has 1 aliphatic heterocycles. The van der Waals surface area contributed by atoms with Crippen LogP contribution in [0.15, 0.2) is 71.9 Å². The van der Waals surface area contributed by atoms with Crippen molar-refractivity contribution in [1.82, 2.24) is 10.6 Å². The number of amides is 1. The number of carbonyl (C=O) groups excluding carboxylic acids is 1. The number of dihydropyridines is 1. The second-order valence-corrected chi connectivity index (χ2v) is 6.88. The number of nitrogens with one attached hydrogen (secondary N) is 2. The van der Waals surface area contributed by atoms with E-state index in [1.54, 1.807) is 0 Å². The maximum Gasteiger partial charge on any atom is 0.267 e. The summed E-state index contributed by atoms with van der Waals surface area (Å²) in [6, 6.07) is 18.8. The third-order valence-corrected chi connectivity index (χ3v) is 4.99. The number of rotatable bonds is 4. The van der Waals surface area contributed by atoms with E-state index in [1.165, 1.54) is 22.3 Å². The van der Waals surface area contributed by atoms with E-state index >= 15 is 0 Å². The van der Waals surface area contributed by atoms with E-state index < -0.39 is 0 Å². The van der Waals surface area contributed by atoms with Gasteiger partial charge in [0.1, 0.15) is 5.70 Å². The van der Waals surface area contributed by atoms with Gasteiger partial charge in [-0.1, -0.05) is 67.1 Å². The number of hydrogen-bond acceptors (Lipinski definition) is 2. The zero-order valence-electron chi connectivity index (χ0n) is 14.5. The predicted octanol–water partition coefficient (Wildman–Crippen LogP) is 3.57. The highest BCUT2D eigenvalue weighted by molar-refractivity contribution is 5.98. The Morgan fingerprint density at radius 3 is 2.68 bits per heavy atom. The van der Waals surface area contributed by atoms with Crippen LogP contribution in [-0.4, -0.2) is 11.9 Å². The smallest absolute Gasteiger partial charge is 0.267 e. The van der Waals surface area contributed by atoms with E-state index in [-0.39, 0.29) is 5.91 Å². The number of carbonyl (C=O) groups is 1. The molecule has 1 saturated carbocycles. The molecule has 1 aliphatic carbocycles. The SMILES string of the molecule is Cc1cccc(CNC(=O)C2=CC(c3ccccc3)=C3C(C)C3N2)c1. The molecule has 2 unspecified atom stereocenters. The standard InChI is InChI=1S/C22H22N2O/c1-14-7-6-8-16(11-14)13-23-22(25)19-12-18(17-9-4-3-5-10-17)20-15(2)21(20)24-19/h3-12,15,21,24H,13H2,1-2H3,(H,23,25). The largest absolute Gasteiger partial charge is 0.373 e. The first-order valence-corrected chi connectivity index (χ1v) is 8.75. The molecule has 2 aromatic rings. The molecule has 25 heavy (non-hydrogen) atoms. The second-order valence-electron chi connectivity index (χ2n) is 6.88. The van der Waals surface area contributed by atoms with Crippen LogP contribution in [0.5, 0.6) is 0 Å². The lowest BCUT2D eigenvalue weighted by atomic mass is 10.0. The summed E-state index contributed by atoms with van der Waals surface area (Å²) in [5, 5.41) is 6.41. The van der Waals surface area contributed by atoms with E-state index in [9.17, 15) is 4.79 Å². The van der Waals surface area contributed by atoms with Crippen molar-refractivity contribution in [3.8, 4) is 0 Å². The lowest BCUT2D eigenvalue weighted by Gasteiger charge is -2.16. The molecule has 3 nitrogen and oxygen atoms in total. The predicted molar refractivity (Wildman–Crippen MR) is 101 cm³/mol. The van der Waals surface area contributed by atoms with Gasteiger partial charge in [-0.2, -0.15) is 0 Å². The average Bonchev–Trinajstić information content (AvgIpc) is 3.30. The molecular weight excluding hydrogens is 308 g/mol. The molecule has 3 heteroatoms. The Hall–Kier alpha value is -2.81. The summed E-state index contributed by atoms with van der Waals surface area (Å²) >= 11 is 0. The van der Waals surface area contributed by atoms with Crippen molar-refractivity contribution in [2.75, 3.05) is 0 Å². The van der Waals surface area contributed by atoms with Gasteiger partial charge >= 0.3 is 0 Å². The Labute approximate surface area is 148 Å². The van der Waals surface area contributed by atoms with Crippen molar-refractivity contribution >= 4 is 11.5 Å². The van der Waals surface area contributed by atoms with Crippen LogP contribution in [0.1, 0.15) is 23.6 Å². The van der Waals surface area contributed by atoms with Crippen LogP contribution in [0.25, 0.3) is 5.57 Å². The fourth-order valence-electron chi connectivity index (χ4n) is 3.55. The molecule has 0 spiro atoms. The molecule has 4 rings (SSSR count). The summed E-state index contributed by atoms with van der Waals surface area (Å²) in [4.78, 5) is 12.6. The first kappa shape index (κ1) is 15.7. The zero-order chi connectivity index (χ0) is 17.4.